The van der Waals surface area contributed by atoms with Crippen LogP contribution in [0, 0.1) is 5.92 Å². The van der Waals surface area contributed by atoms with Crippen molar-refractivity contribution >= 4 is 46.5 Å². The fraction of sp³-hybridized carbons (Fsp3) is 0.607. The van der Waals surface area contributed by atoms with Gasteiger partial charge in [0, 0.05) is 49.2 Å². The Morgan fingerprint density at radius 3 is 2.54 bits per heavy atom. The summed E-state index contributed by atoms with van der Waals surface area (Å²) >= 11 is 12.1. The van der Waals surface area contributed by atoms with Crippen molar-refractivity contribution in [1.29, 1.82) is 0 Å². The molecule has 0 amide bonds. The van der Waals surface area contributed by atoms with Crippen molar-refractivity contribution in [2.45, 2.75) is 57.3 Å². The van der Waals surface area contributed by atoms with Crippen molar-refractivity contribution in [2.24, 2.45) is 5.92 Å². The van der Waals surface area contributed by atoms with Gasteiger partial charge in [0.25, 0.3) is 0 Å². The van der Waals surface area contributed by atoms with Crippen molar-refractivity contribution in [3.63, 3.8) is 0 Å². The Balaban J connectivity index is 1.32. The summed E-state index contributed by atoms with van der Waals surface area (Å²) < 4.78 is 5.57. The average molecular weight is 543 g/mol. The van der Waals surface area contributed by atoms with E-state index in [-0.39, 0.29) is 5.41 Å². The molecule has 3 aliphatic rings. The molecule has 0 spiro atoms. The predicted octanol–water partition coefficient (Wildman–Crippen LogP) is 5.39. The molecule has 1 atom stereocenters. The molecule has 200 valence electrons. The quantitative estimate of drug-likeness (QED) is 0.471. The second-order valence-electron chi connectivity index (χ2n) is 10.9. The zero-order valence-electron chi connectivity index (χ0n) is 21.8. The lowest BCUT2D eigenvalue weighted by molar-refractivity contribution is 0.122. The smallest absolute Gasteiger partial charge is 0.232 e. The molecule has 0 bridgehead atoms. The van der Waals surface area contributed by atoms with Gasteiger partial charge in [-0.2, -0.15) is 9.97 Å². The Labute approximate surface area is 231 Å². The van der Waals surface area contributed by atoms with E-state index in [2.05, 4.69) is 51.6 Å². The zero-order valence-corrected chi connectivity index (χ0v) is 23.4. The maximum absolute atomic E-state index is 6.37. The largest absolute Gasteiger partial charge is 0.378 e. The summed E-state index contributed by atoms with van der Waals surface area (Å²) in [5.74, 6) is 3.11. The van der Waals surface area contributed by atoms with Gasteiger partial charge < -0.3 is 25.2 Å². The highest BCUT2D eigenvalue weighted by Crippen LogP contribution is 2.39. The lowest BCUT2D eigenvalue weighted by Gasteiger charge is -2.38. The van der Waals surface area contributed by atoms with Crippen molar-refractivity contribution in [3.8, 4) is 0 Å². The van der Waals surface area contributed by atoms with E-state index in [1.807, 2.05) is 6.07 Å². The van der Waals surface area contributed by atoms with E-state index in [4.69, 9.17) is 38.5 Å². The van der Waals surface area contributed by atoms with Crippen LogP contribution in [0.2, 0.25) is 5.02 Å². The number of aromatic nitrogens is 2. The molecule has 1 saturated carbocycles. The van der Waals surface area contributed by atoms with Gasteiger partial charge in [0.1, 0.15) is 11.6 Å². The summed E-state index contributed by atoms with van der Waals surface area (Å²) in [4.78, 5) is 14.4. The standard InChI is InChI=1S/C28H39ClN6OS/c1-21-7-6-12-35(19-21)25-18-24(34-13-15-36-16-14-34)31-26(32-25)33-27(37)30-20-28(10-3-2-4-11-28)22-8-5-9-23(29)17-22/h5,8-9,17-18,21H,2-4,6-7,10-16,19-20H2,1H3,(H2,30,31,32,33,37). The van der Waals surface area contributed by atoms with Gasteiger partial charge >= 0.3 is 0 Å². The number of morpholine rings is 1. The molecular formula is C28H39ClN6OS. The molecule has 37 heavy (non-hydrogen) atoms. The molecule has 2 N–H and O–H groups in total. The summed E-state index contributed by atoms with van der Waals surface area (Å²) in [6.45, 7) is 8.21. The number of hydrogen-bond donors (Lipinski definition) is 2. The molecule has 1 unspecified atom stereocenters. The number of thiocarbonyl (C=S) groups is 1. The van der Waals surface area contributed by atoms with Crippen LogP contribution in [0.4, 0.5) is 17.6 Å². The Hall–Kier alpha value is -2.16. The van der Waals surface area contributed by atoms with E-state index in [9.17, 15) is 0 Å². The number of nitrogens with zero attached hydrogens (tertiary/aromatic N) is 4. The van der Waals surface area contributed by atoms with Crippen LogP contribution in [-0.4, -0.2) is 61.0 Å². The van der Waals surface area contributed by atoms with Gasteiger partial charge in [0.05, 0.1) is 13.2 Å². The van der Waals surface area contributed by atoms with Crippen LogP contribution < -0.4 is 20.4 Å². The summed E-state index contributed by atoms with van der Waals surface area (Å²) in [5, 5.41) is 8.18. The van der Waals surface area contributed by atoms with Crippen LogP contribution in [0.15, 0.2) is 30.3 Å². The van der Waals surface area contributed by atoms with E-state index >= 15 is 0 Å². The number of rotatable bonds is 6. The Morgan fingerprint density at radius 1 is 1.05 bits per heavy atom. The number of ether oxygens (including phenoxy) is 1. The van der Waals surface area contributed by atoms with Crippen molar-refractivity contribution < 1.29 is 4.74 Å². The van der Waals surface area contributed by atoms with E-state index < -0.39 is 0 Å². The van der Waals surface area contributed by atoms with E-state index in [0.29, 0.717) is 30.2 Å². The monoisotopic (exact) mass is 542 g/mol. The van der Waals surface area contributed by atoms with Gasteiger partial charge in [-0.3, -0.25) is 0 Å². The molecule has 1 aromatic carbocycles. The number of benzene rings is 1. The third-order valence-corrected chi connectivity index (χ3v) is 8.56. The molecular weight excluding hydrogens is 504 g/mol. The van der Waals surface area contributed by atoms with Gasteiger partial charge in [0.2, 0.25) is 5.95 Å². The molecule has 2 aromatic rings. The first kappa shape index (κ1) is 26.4. The summed E-state index contributed by atoms with van der Waals surface area (Å²) in [6.07, 6.45) is 8.43. The van der Waals surface area contributed by atoms with Crippen LogP contribution in [0.3, 0.4) is 0 Å². The summed E-state index contributed by atoms with van der Waals surface area (Å²) in [7, 11) is 0. The first-order valence-electron chi connectivity index (χ1n) is 13.8. The molecule has 3 fully saturated rings. The second-order valence-corrected chi connectivity index (χ2v) is 11.7. The minimum absolute atomic E-state index is 0.0283. The van der Waals surface area contributed by atoms with Gasteiger partial charge in [0.15, 0.2) is 5.11 Å². The SMILES string of the molecule is CC1CCCN(c2cc(N3CCOCC3)nc(NC(=S)NCC3(c4cccc(Cl)c4)CCCCC3)n2)C1. The van der Waals surface area contributed by atoms with Gasteiger partial charge in [-0.05, 0) is 61.5 Å². The summed E-state index contributed by atoms with van der Waals surface area (Å²) in [6, 6.07) is 10.4. The highest BCUT2D eigenvalue weighted by Gasteiger charge is 2.34. The molecule has 1 aromatic heterocycles. The Morgan fingerprint density at radius 2 is 1.81 bits per heavy atom. The fourth-order valence-electron chi connectivity index (χ4n) is 6.00. The van der Waals surface area contributed by atoms with Crippen molar-refractivity contribution in [3.05, 3.63) is 40.9 Å². The Kier molecular flexibility index (Phi) is 8.67. The van der Waals surface area contributed by atoms with Crippen LogP contribution >= 0.6 is 23.8 Å². The topological polar surface area (TPSA) is 65.6 Å². The fourth-order valence-corrected chi connectivity index (χ4v) is 6.36. The van der Waals surface area contributed by atoms with Crippen LogP contribution in [-0.2, 0) is 10.2 Å². The average Bonchev–Trinajstić information content (AvgIpc) is 2.93. The molecule has 9 heteroatoms. The number of hydrogen-bond acceptors (Lipinski definition) is 6. The van der Waals surface area contributed by atoms with Crippen LogP contribution in [0.1, 0.15) is 57.4 Å². The molecule has 0 radical (unpaired) electrons. The highest BCUT2D eigenvalue weighted by atomic mass is 35.5. The molecule has 5 rings (SSSR count). The van der Waals surface area contributed by atoms with E-state index in [1.165, 1.54) is 37.7 Å². The highest BCUT2D eigenvalue weighted by molar-refractivity contribution is 7.80. The molecule has 7 nitrogen and oxygen atoms in total. The molecule has 1 aliphatic carbocycles. The third kappa shape index (κ3) is 6.65. The first-order valence-corrected chi connectivity index (χ1v) is 14.6. The second kappa shape index (κ2) is 12.1. The van der Waals surface area contributed by atoms with Gasteiger partial charge in [-0.25, -0.2) is 0 Å². The maximum atomic E-state index is 6.37. The normalized spacial score (nSPS) is 21.9. The number of anilines is 3. The maximum Gasteiger partial charge on any atom is 0.232 e. The van der Waals surface area contributed by atoms with Crippen molar-refractivity contribution in [1.82, 2.24) is 15.3 Å². The van der Waals surface area contributed by atoms with E-state index in [0.717, 1.165) is 62.2 Å². The minimum atomic E-state index is 0.0283. The first-order chi connectivity index (χ1) is 18.0. The predicted molar refractivity (Wildman–Crippen MR) is 156 cm³/mol. The van der Waals surface area contributed by atoms with E-state index in [1.54, 1.807) is 0 Å². The lowest BCUT2D eigenvalue weighted by Crippen LogP contribution is -2.44. The minimum Gasteiger partial charge on any atom is -0.378 e. The van der Waals surface area contributed by atoms with Crippen molar-refractivity contribution in [2.75, 3.05) is 61.1 Å². The zero-order chi connectivity index (χ0) is 25.7. The molecule has 2 aliphatic heterocycles. The molecule has 3 heterocycles. The summed E-state index contributed by atoms with van der Waals surface area (Å²) in [5.41, 5.74) is 1.32. The van der Waals surface area contributed by atoms with Gasteiger partial charge in [-0.15, -0.1) is 0 Å². The van der Waals surface area contributed by atoms with Crippen LogP contribution in [0.25, 0.3) is 0 Å². The third-order valence-electron chi connectivity index (χ3n) is 8.08. The van der Waals surface area contributed by atoms with Gasteiger partial charge in [-0.1, -0.05) is 49.9 Å². The number of halogens is 1. The molecule has 2 saturated heterocycles. The number of piperidine rings is 1. The lowest BCUT2D eigenvalue weighted by atomic mass is 9.69. The van der Waals surface area contributed by atoms with Crippen LogP contribution in [0.5, 0.6) is 0 Å². The Bertz CT molecular complexity index is 1070. The number of nitrogens with one attached hydrogen (secondary N) is 2.